The van der Waals surface area contributed by atoms with Crippen LogP contribution in [0.3, 0.4) is 0 Å². The van der Waals surface area contributed by atoms with Crippen molar-refractivity contribution in [2.24, 2.45) is 7.05 Å². The van der Waals surface area contributed by atoms with Crippen LogP contribution in [0.25, 0.3) is 16.9 Å². The summed E-state index contributed by atoms with van der Waals surface area (Å²) in [5.74, 6) is 0.782. The lowest BCUT2D eigenvalue weighted by atomic mass is 10.1. The molecule has 4 rings (SSSR count). The standard InChI is InChI=1S/C21H22N6O2/c1-13-6-5-7-18(27-21(28)22-24-25-27)17(13)12-29-19-9-8-16(10-14(19)2)20-15(3)11-26(4)23-20/h5-11H,12H2,1-4H3,(H,22,25,28). The third-order valence-corrected chi connectivity index (χ3v) is 4.92. The molecule has 0 aliphatic rings. The second kappa shape index (κ2) is 7.38. The van der Waals surface area contributed by atoms with E-state index in [0.29, 0.717) is 12.3 Å². The first-order valence-corrected chi connectivity index (χ1v) is 9.27. The maximum Gasteiger partial charge on any atom is 0.365 e. The number of ether oxygens (including phenoxy) is 1. The van der Waals surface area contributed by atoms with E-state index in [4.69, 9.17) is 4.74 Å². The van der Waals surface area contributed by atoms with Crippen LogP contribution >= 0.6 is 0 Å². The molecule has 2 aromatic heterocycles. The minimum Gasteiger partial charge on any atom is -0.489 e. The number of hydrogen-bond acceptors (Lipinski definition) is 5. The van der Waals surface area contributed by atoms with Gasteiger partial charge in [-0.1, -0.05) is 12.1 Å². The normalized spacial score (nSPS) is 11.0. The van der Waals surface area contributed by atoms with Gasteiger partial charge < -0.3 is 4.74 Å². The van der Waals surface area contributed by atoms with E-state index >= 15 is 0 Å². The fourth-order valence-electron chi connectivity index (χ4n) is 3.43. The van der Waals surface area contributed by atoms with Crippen LogP contribution in [0.5, 0.6) is 5.75 Å². The highest BCUT2D eigenvalue weighted by atomic mass is 16.5. The number of aryl methyl sites for hydroxylation is 4. The molecule has 1 N–H and O–H groups in total. The molecule has 0 atom stereocenters. The SMILES string of the molecule is Cc1cc(-c2nn(C)cc2C)ccc1OCc1c(C)cccc1-n1nn[nH]c1=O. The summed E-state index contributed by atoms with van der Waals surface area (Å²) >= 11 is 0. The van der Waals surface area contributed by atoms with Gasteiger partial charge in [-0.2, -0.15) is 9.78 Å². The zero-order valence-corrected chi connectivity index (χ0v) is 16.8. The van der Waals surface area contributed by atoms with Crippen molar-refractivity contribution in [3.05, 3.63) is 75.3 Å². The summed E-state index contributed by atoms with van der Waals surface area (Å²) in [6, 6.07) is 11.7. The fraction of sp³-hybridized carbons (Fsp3) is 0.238. The van der Waals surface area contributed by atoms with E-state index in [2.05, 4.69) is 26.7 Å². The minimum atomic E-state index is -0.386. The van der Waals surface area contributed by atoms with Crippen molar-refractivity contribution in [3.63, 3.8) is 0 Å². The zero-order valence-electron chi connectivity index (χ0n) is 16.8. The second-order valence-electron chi connectivity index (χ2n) is 7.09. The molecule has 4 aromatic rings. The molecule has 29 heavy (non-hydrogen) atoms. The Kier molecular flexibility index (Phi) is 4.75. The van der Waals surface area contributed by atoms with Crippen molar-refractivity contribution < 1.29 is 4.74 Å². The molecular formula is C21H22N6O2. The molecule has 2 aromatic carbocycles. The Bertz CT molecular complexity index is 1230. The van der Waals surface area contributed by atoms with E-state index in [1.54, 1.807) is 0 Å². The largest absolute Gasteiger partial charge is 0.489 e. The topological polar surface area (TPSA) is 90.6 Å². The Balaban J connectivity index is 1.61. The van der Waals surface area contributed by atoms with Crippen LogP contribution in [0, 0.1) is 20.8 Å². The van der Waals surface area contributed by atoms with Crippen LogP contribution in [0.4, 0.5) is 0 Å². The first-order chi connectivity index (χ1) is 13.9. The monoisotopic (exact) mass is 390 g/mol. The third kappa shape index (κ3) is 3.56. The average molecular weight is 390 g/mol. The van der Waals surface area contributed by atoms with Crippen LogP contribution in [0.2, 0.25) is 0 Å². The summed E-state index contributed by atoms with van der Waals surface area (Å²) in [6.07, 6.45) is 2.00. The van der Waals surface area contributed by atoms with Gasteiger partial charge in [-0.05, 0) is 72.2 Å². The summed E-state index contributed by atoms with van der Waals surface area (Å²) < 4.78 is 9.17. The number of H-pyrrole nitrogens is 1. The Morgan fingerprint density at radius 1 is 1.07 bits per heavy atom. The summed E-state index contributed by atoms with van der Waals surface area (Å²) in [4.78, 5) is 11.9. The molecule has 0 bridgehead atoms. The van der Waals surface area contributed by atoms with E-state index in [1.807, 2.05) is 69.0 Å². The van der Waals surface area contributed by atoms with Gasteiger partial charge in [0, 0.05) is 24.4 Å². The molecule has 8 heteroatoms. The highest BCUT2D eigenvalue weighted by Crippen LogP contribution is 2.28. The van der Waals surface area contributed by atoms with Gasteiger partial charge in [0.15, 0.2) is 0 Å². The number of tetrazole rings is 1. The predicted octanol–water partition coefficient (Wildman–Crippen LogP) is 2.86. The summed E-state index contributed by atoms with van der Waals surface area (Å²) in [6.45, 7) is 6.35. The Morgan fingerprint density at radius 2 is 1.90 bits per heavy atom. The van der Waals surface area contributed by atoms with Crippen LogP contribution in [0.15, 0.2) is 47.4 Å². The number of aromatic amines is 1. The number of nitrogens with zero attached hydrogens (tertiary/aromatic N) is 5. The Morgan fingerprint density at radius 3 is 2.55 bits per heavy atom. The molecule has 0 unspecified atom stereocenters. The lowest BCUT2D eigenvalue weighted by Gasteiger charge is -2.14. The van der Waals surface area contributed by atoms with Crippen LogP contribution < -0.4 is 10.4 Å². The molecule has 148 valence electrons. The van der Waals surface area contributed by atoms with Crippen LogP contribution in [-0.2, 0) is 13.7 Å². The quantitative estimate of drug-likeness (QED) is 0.566. The molecule has 0 amide bonds. The predicted molar refractivity (Wildman–Crippen MR) is 109 cm³/mol. The van der Waals surface area contributed by atoms with E-state index in [-0.39, 0.29) is 5.69 Å². The van der Waals surface area contributed by atoms with Gasteiger partial charge >= 0.3 is 5.69 Å². The molecular weight excluding hydrogens is 368 g/mol. The van der Waals surface area contributed by atoms with Gasteiger partial charge in [-0.15, -0.1) is 0 Å². The van der Waals surface area contributed by atoms with Crippen molar-refractivity contribution in [2.75, 3.05) is 0 Å². The van der Waals surface area contributed by atoms with Gasteiger partial charge in [0.1, 0.15) is 12.4 Å². The highest BCUT2D eigenvalue weighted by molar-refractivity contribution is 5.64. The molecule has 0 aliphatic carbocycles. The summed E-state index contributed by atoms with van der Waals surface area (Å²) in [7, 11) is 1.92. The van der Waals surface area contributed by atoms with Gasteiger partial charge in [0.2, 0.25) is 0 Å². The third-order valence-electron chi connectivity index (χ3n) is 4.92. The second-order valence-corrected chi connectivity index (χ2v) is 7.09. The van der Waals surface area contributed by atoms with Crippen molar-refractivity contribution in [1.29, 1.82) is 0 Å². The summed E-state index contributed by atoms with van der Waals surface area (Å²) in [5, 5.41) is 14.3. The van der Waals surface area contributed by atoms with Gasteiger partial charge in [-0.3, -0.25) is 4.68 Å². The minimum absolute atomic E-state index is 0.310. The van der Waals surface area contributed by atoms with E-state index in [1.165, 1.54) is 4.68 Å². The molecule has 0 saturated heterocycles. The number of aromatic nitrogens is 6. The average Bonchev–Trinajstić information content (AvgIpc) is 3.26. The van der Waals surface area contributed by atoms with Crippen LogP contribution in [-0.4, -0.2) is 30.0 Å². The Hall–Kier alpha value is -3.68. The van der Waals surface area contributed by atoms with Gasteiger partial charge in [0.25, 0.3) is 0 Å². The number of hydrogen-bond donors (Lipinski definition) is 1. The maximum atomic E-state index is 11.9. The van der Waals surface area contributed by atoms with E-state index < -0.39 is 0 Å². The first kappa shape index (κ1) is 18.7. The number of benzene rings is 2. The fourth-order valence-corrected chi connectivity index (χ4v) is 3.43. The van der Waals surface area contributed by atoms with Gasteiger partial charge in [0.05, 0.1) is 11.4 Å². The lowest BCUT2D eigenvalue weighted by Crippen LogP contribution is -2.18. The lowest BCUT2D eigenvalue weighted by molar-refractivity contribution is 0.302. The molecule has 0 saturated carbocycles. The van der Waals surface area contributed by atoms with Crippen LogP contribution in [0.1, 0.15) is 22.3 Å². The number of nitrogens with one attached hydrogen (secondary N) is 1. The van der Waals surface area contributed by atoms with E-state index in [0.717, 1.165) is 39.3 Å². The van der Waals surface area contributed by atoms with Crippen molar-refractivity contribution in [2.45, 2.75) is 27.4 Å². The molecule has 0 radical (unpaired) electrons. The Labute approximate surface area is 167 Å². The van der Waals surface area contributed by atoms with E-state index in [9.17, 15) is 4.79 Å². The van der Waals surface area contributed by atoms with Crippen molar-refractivity contribution >= 4 is 0 Å². The van der Waals surface area contributed by atoms with Gasteiger partial charge in [-0.25, -0.2) is 9.89 Å². The maximum absolute atomic E-state index is 11.9. The first-order valence-electron chi connectivity index (χ1n) is 9.27. The molecule has 0 aliphatic heterocycles. The van der Waals surface area contributed by atoms with Crippen molar-refractivity contribution in [1.82, 2.24) is 30.0 Å². The molecule has 0 fully saturated rings. The summed E-state index contributed by atoms with van der Waals surface area (Å²) in [5.41, 5.74) is 6.32. The smallest absolute Gasteiger partial charge is 0.365 e. The van der Waals surface area contributed by atoms with Crippen molar-refractivity contribution in [3.8, 4) is 22.7 Å². The highest BCUT2D eigenvalue weighted by Gasteiger charge is 2.13. The zero-order chi connectivity index (χ0) is 20.5. The molecule has 2 heterocycles. The molecule has 0 spiro atoms. The number of rotatable bonds is 5. The molecule has 8 nitrogen and oxygen atoms in total.